The molecule has 5 nitrogen and oxygen atoms in total. The summed E-state index contributed by atoms with van der Waals surface area (Å²) in [4.78, 5) is 11.2. The first-order valence-electron chi connectivity index (χ1n) is 6.53. The average molecular weight is 294 g/mol. The summed E-state index contributed by atoms with van der Waals surface area (Å²) >= 11 is 0. The maximum Gasteiger partial charge on any atom is 0.227 e. The quantitative estimate of drug-likeness (QED) is 0.750. The van der Waals surface area contributed by atoms with Crippen molar-refractivity contribution in [3.63, 3.8) is 0 Å². The van der Waals surface area contributed by atoms with Crippen LogP contribution in [0.5, 0.6) is 5.88 Å². The maximum atomic E-state index is 13.2. The van der Waals surface area contributed by atoms with E-state index in [1.54, 1.807) is 24.4 Å². The van der Waals surface area contributed by atoms with Crippen LogP contribution in [0.25, 0.3) is 17.1 Å². The summed E-state index contributed by atoms with van der Waals surface area (Å²) in [5.74, 6) is 0.0707. The third kappa shape index (κ3) is 2.79. The van der Waals surface area contributed by atoms with Crippen LogP contribution < -0.4 is 4.74 Å². The molecule has 2 heterocycles. The molecule has 2 aromatic heterocycles. The van der Waals surface area contributed by atoms with E-state index >= 15 is 0 Å². The van der Waals surface area contributed by atoms with Crippen molar-refractivity contribution in [1.82, 2.24) is 15.0 Å². The summed E-state index contributed by atoms with van der Waals surface area (Å²) in [7, 11) is 0. The van der Waals surface area contributed by atoms with Gasteiger partial charge in [0.2, 0.25) is 5.88 Å². The minimum Gasteiger partial charge on any atom is -0.472 e. The molecule has 0 radical (unpaired) electrons. The van der Waals surface area contributed by atoms with Crippen LogP contribution in [-0.2, 0) is 6.61 Å². The number of fused-ring (bicyclic) bond motifs is 1. The number of ether oxygens (including phenoxy) is 1. The number of nitrogens with zero attached hydrogens (tertiary/aromatic N) is 3. The number of benzene rings is 1. The third-order valence-corrected chi connectivity index (χ3v) is 3.07. The van der Waals surface area contributed by atoms with E-state index in [4.69, 9.17) is 10.00 Å². The van der Waals surface area contributed by atoms with Crippen molar-refractivity contribution < 1.29 is 9.13 Å². The van der Waals surface area contributed by atoms with E-state index in [0.717, 1.165) is 5.56 Å². The lowest BCUT2D eigenvalue weighted by molar-refractivity contribution is 0.297. The van der Waals surface area contributed by atoms with Crippen molar-refractivity contribution in [2.24, 2.45) is 0 Å². The summed E-state index contributed by atoms with van der Waals surface area (Å²) in [6, 6.07) is 8.12. The van der Waals surface area contributed by atoms with Gasteiger partial charge in [-0.2, -0.15) is 5.26 Å². The summed E-state index contributed by atoms with van der Waals surface area (Å²) in [5, 5.41) is 9.33. The van der Waals surface area contributed by atoms with Crippen molar-refractivity contribution in [1.29, 1.82) is 5.26 Å². The minimum atomic E-state index is -0.312. The van der Waals surface area contributed by atoms with Crippen LogP contribution in [0.3, 0.4) is 0 Å². The van der Waals surface area contributed by atoms with E-state index in [9.17, 15) is 4.39 Å². The number of nitriles is 1. The Kier molecular flexibility index (Phi) is 3.79. The Labute approximate surface area is 125 Å². The molecule has 1 aromatic carbocycles. The fourth-order valence-corrected chi connectivity index (χ4v) is 2.10. The molecular formula is C16H11FN4O. The molecule has 3 rings (SSSR count). The van der Waals surface area contributed by atoms with E-state index in [2.05, 4.69) is 15.0 Å². The molecule has 0 aliphatic heterocycles. The predicted octanol–water partition coefficient (Wildman–Crippen LogP) is 3.21. The number of halogens is 1. The van der Waals surface area contributed by atoms with Crippen LogP contribution >= 0.6 is 0 Å². The molecule has 0 bridgehead atoms. The number of allylic oxidation sites excluding steroid dienone is 1. The molecule has 0 aliphatic rings. The number of H-pyrrole nitrogens is 1. The highest BCUT2D eigenvalue weighted by molar-refractivity contribution is 5.90. The van der Waals surface area contributed by atoms with Gasteiger partial charge in [0.15, 0.2) is 0 Å². The van der Waals surface area contributed by atoms with Crippen molar-refractivity contribution in [3.8, 4) is 11.9 Å². The summed E-state index contributed by atoms with van der Waals surface area (Å²) in [6.45, 7) is 0.191. The Balaban J connectivity index is 1.91. The standard InChI is InChI=1S/C16H11FN4O/c17-13-5-1-3-11(7-13)9-22-16-14-12(4-2-6-18)8-19-15(14)20-10-21-16/h1-5,7-8,10H,9H2,(H,19,20,21). The Hall–Kier alpha value is -3.20. The molecule has 0 saturated heterocycles. The van der Waals surface area contributed by atoms with Gasteiger partial charge in [-0.15, -0.1) is 0 Å². The molecular weight excluding hydrogens is 283 g/mol. The molecule has 0 unspecified atom stereocenters. The largest absolute Gasteiger partial charge is 0.472 e. The number of aromatic nitrogens is 3. The predicted molar refractivity (Wildman–Crippen MR) is 79.3 cm³/mol. The highest BCUT2D eigenvalue weighted by Crippen LogP contribution is 2.26. The lowest BCUT2D eigenvalue weighted by Gasteiger charge is -2.06. The van der Waals surface area contributed by atoms with Gasteiger partial charge < -0.3 is 9.72 Å². The van der Waals surface area contributed by atoms with Crippen molar-refractivity contribution in [2.45, 2.75) is 6.61 Å². The average Bonchev–Trinajstić information content (AvgIpc) is 2.95. The first-order chi connectivity index (χ1) is 10.8. The highest BCUT2D eigenvalue weighted by atomic mass is 19.1. The molecule has 0 fully saturated rings. The molecule has 1 N–H and O–H groups in total. The fraction of sp³-hybridized carbons (Fsp3) is 0.0625. The van der Waals surface area contributed by atoms with Gasteiger partial charge in [0.1, 0.15) is 24.4 Å². The van der Waals surface area contributed by atoms with Crippen LogP contribution in [0.4, 0.5) is 4.39 Å². The van der Waals surface area contributed by atoms with E-state index in [1.165, 1.54) is 24.5 Å². The zero-order valence-corrected chi connectivity index (χ0v) is 11.5. The van der Waals surface area contributed by atoms with Crippen LogP contribution in [0.15, 0.2) is 42.9 Å². The molecule has 0 atom stereocenters. The maximum absolute atomic E-state index is 13.2. The Morgan fingerprint density at radius 1 is 1.36 bits per heavy atom. The van der Waals surface area contributed by atoms with Gasteiger partial charge in [0.05, 0.1) is 11.5 Å². The highest BCUT2D eigenvalue weighted by Gasteiger charge is 2.11. The number of hydrogen-bond donors (Lipinski definition) is 1. The lowest BCUT2D eigenvalue weighted by atomic mass is 10.2. The van der Waals surface area contributed by atoms with Gasteiger partial charge >= 0.3 is 0 Å². The molecule has 6 heteroatoms. The molecule has 3 aromatic rings. The monoisotopic (exact) mass is 294 g/mol. The van der Waals surface area contributed by atoms with E-state index in [-0.39, 0.29) is 12.4 Å². The van der Waals surface area contributed by atoms with Gasteiger partial charge in [-0.05, 0) is 23.8 Å². The SMILES string of the molecule is N#CC=Cc1c[nH]c2ncnc(OCc3cccc(F)c3)c12. The second kappa shape index (κ2) is 6.06. The summed E-state index contributed by atoms with van der Waals surface area (Å²) in [5.41, 5.74) is 2.07. The van der Waals surface area contributed by atoms with E-state index in [0.29, 0.717) is 22.5 Å². The van der Waals surface area contributed by atoms with Gasteiger partial charge in [-0.3, -0.25) is 0 Å². The molecule has 22 heavy (non-hydrogen) atoms. The summed E-state index contributed by atoms with van der Waals surface area (Å²) in [6.07, 6.45) is 6.13. The Bertz CT molecular complexity index is 879. The number of rotatable bonds is 4. The van der Waals surface area contributed by atoms with Gasteiger partial charge in [-0.1, -0.05) is 12.1 Å². The molecule has 0 aliphatic carbocycles. The van der Waals surface area contributed by atoms with Crippen LogP contribution in [0.1, 0.15) is 11.1 Å². The Morgan fingerprint density at radius 3 is 3.09 bits per heavy atom. The van der Waals surface area contributed by atoms with Crippen LogP contribution in [0, 0.1) is 17.1 Å². The van der Waals surface area contributed by atoms with Gasteiger partial charge in [0.25, 0.3) is 0 Å². The molecule has 108 valence electrons. The number of hydrogen-bond acceptors (Lipinski definition) is 4. The smallest absolute Gasteiger partial charge is 0.227 e. The zero-order chi connectivity index (χ0) is 15.4. The van der Waals surface area contributed by atoms with E-state index < -0.39 is 0 Å². The molecule has 0 amide bonds. The van der Waals surface area contributed by atoms with Gasteiger partial charge in [-0.25, -0.2) is 14.4 Å². The fourth-order valence-electron chi connectivity index (χ4n) is 2.10. The second-order valence-corrected chi connectivity index (χ2v) is 4.53. The topological polar surface area (TPSA) is 74.6 Å². The Morgan fingerprint density at radius 2 is 2.27 bits per heavy atom. The minimum absolute atomic E-state index is 0.191. The van der Waals surface area contributed by atoms with Crippen molar-refractivity contribution in [3.05, 3.63) is 59.8 Å². The summed E-state index contributed by atoms with van der Waals surface area (Å²) < 4.78 is 18.9. The first kappa shape index (κ1) is 13.8. The lowest BCUT2D eigenvalue weighted by Crippen LogP contribution is -1.99. The molecule has 0 spiro atoms. The van der Waals surface area contributed by atoms with Crippen LogP contribution in [-0.4, -0.2) is 15.0 Å². The van der Waals surface area contributed by atoms with E-state index in [1.807, 2.05) is 6.07 Å². The third-order valence-electron chi connectivity index (χ3n) is 3.07. The normalized spacial score (nSPS) is 10.9. The van der Waals surface area contributed by atoms with Crippen LogP contribution in [0.2, 0.25) is 0 Å². The molecule has 0 saturated carbocycles. The number of nitrogens with one attached hydrogen (secondary N) is 1. The second-order valence-electron chi connectivity index (χ2n) is 4.53. The van der Waals surface area contributed by atoms with Gasteiger partial charge in [0, 0.05) is 17.8 Å². The first-order valence-corrected chi connectivity index (χ1v) is 6.53. The van der Waals surface area contributed by atoms with Crippen molar-refractivity contribution >= 4 is 17.1 Å². The number of aromatic amines is 1. The zero-order valence-electron chi connectivity index (χ0n) is 11.5. The van der Waals surface area contributed by atoms with Crippen molar-refractivity contribution in [2.75, 3.05) is 0 Å².